The number of carbonyl (C=O) groups is 1. The van der Waals surface area contributed by atoms with Gasteiger partial charge in [0.25, 0.3) is 0 Å². The van der Waals surface area contributed by atoms with Crippen LogP contribution in [0.25, 0.3) is 11.0 Å². The Labute approximate surface area is 137 Å². The van der Waals surface area contributed by atoms with Crippen molar-refractivity contribution in [3.8, 4) is 5.75 Å². The van der Waals surface area contributed by atoms with Crippen molar-refractivity contribution in [1.82, 2.24) is 9.55 Å². The molecule has 7 heteroatoms. The summed E-state index contributed by atoms with van der Waals surface area (Å²) in [5.74, 6) is 0.172. The molecule has 1 N–H and O–H groups in total. The van der Waals surface area contributed by atoms with E-state index < -0.39 is 11.4 Å². The van der Waals surface area contributed by atoms with Crippen LogP contribution in [0.2, 0.25) is 0 Å². The highest BCUT2D eigenvalue weighted by molar-refractivity contribution is 5.92. The van der Waals surface area contributed by atoms with Gasteiger partial charge < -0.3 is 19.3 Å². The van der Waals surface area contributed by atoms with Crippen LogP contribution >= 0.6 is 0 Å². The highest BCUT2D eigenvalue weighted by Gasteiger charge is 2.34. The number of anilines is 1. The van der Waals surface area contributed by atoms with Gasteiger partial charge in [0.15, 0.2) is 11.6 Å². The summed E-state index contributed by atoms with van der Waals surface area (Å²) in [7, 11) is 0. The quantitative estimate of drug-likeness (QED) is 0.905. The molecule has 5 rings (SSSR count). The molecule has 1 aliphatic carbocycles. The summed E-state index contributed by atoms with van der Waals surface area (Å²) in [4.78, 5) is 31.0. The van der Waals surface area contributed by atoms with Crippen LogP contribution in [0.1, 0.15) is 42.1 Å². The number of ether oxygens (including phenoxy) is 1. The lowest BCUT2D eigenvalue weighted by Gasteiger charge is -2.32. The Bertz CT molecular complexity index is 932. The van der Waals surface area contributed by atoms with Crippen LogP contribution in [-0.2, 0) is 0 Å². The molecule has 2 aliphatic heterocycles. The fraction of sp³-hybridized carbons (Fsp3) is 0.471. The van der Waals surface area contributed by atoms with Crippen molar-refractivity contribution in [3.05, 3.63) is 28.0 Å². The van der Waals surface area contributed by atoms with E-state index in [0.717, 1.165) is 38.0 Å². The second-order valence-corrected chi connectivity index (χ2v) is 6.80. The Morgan fingerprint density at radius 3 is 2.88 bits per heavy atom. The summed E-state index contributed by atoms with van der Waals surface area (Å²) in [5, 5.41) is 9.67. The number of aromatic nitrogens is 2. The number of carboxylic acid groups (broad SMARTS) is 1. The number of aromatic carboxylic acids is 1. The van der Waals surface area contributed by atoms with Gasteiger partial charge in [0.05, 0.1) is 11.4 Å². The lowest BCUT2D eigenvalue weighted by atomic mass is 10.1. The van der Waals surface area contributed by atoms with Gasteiger partial charge in [-0.25, -0.2) is 9.78 Å². The molecule has 1 saturated carbocycles. The number of nitrogens with zero attached hydrogens (tertiary/aromatic N) is 3. The lowest BCUT2D eigenvalue weighted by Crippen LogP contribution is -2.39. The van der Waals surface area contributed by atoms with Gasteiger partial charge in [-0.3, -0.25) is 4.79 Å². The molecule has 0 unspecified atom stereocenters. The van der Waals surface area contributed by atoms with Crippen LogP contribution in [0.15, 0.2) is 17.1 Å². The van der Waals surface area contributed by atoms with Crippen molar-refractivity contribution in [2.45, 2.75) is 37.8 Å². The molecule has 24 heavy (non-hydrogen) atoms. The van der Waals surface area contributed by atoms with Crippen LogP contribution in [0.3, 0.4) is 0 Å². The van der Waals surface area contributed by atoms with Gasteiger partial charge in [-0.1, -0.05) is 0 Å². The summed E-state index contributed by atoms with van der Waals surface area (Å²) >= 11 is 0. The van der Waals surface area contributed by atoms with Crippen LogP contribution in [0.5, 0.6) is 5.75 Å². The average molecular weight is 327 g/mol. The Morgan fingerprint density at radius 2 is 2.12 bits per heavy atom. The van der Waals surface area contributed by atoms with Crippen LogP contribution in [-0.4, -0.2) is 39.8 Å². The highest BCUT2D eigenvalue weighted by atomic mass is 16.5. The summed E-state index contributed by atoms with van der Waals surface area (Å²) < 4.78 is 7.68. The van der Waals surface area contributed by atoms with E-state index in [4.69, 9.17) is 9.72 Å². The predicted molar refractivity (Wildman–Crippen MR) is 87.1 cm³/mol. The van der Waals surface area contributed by atoms with Crippen molar-refractivity contribution in [2.75, 3.05) is 18.1 Å². The fourth-order valence-corrected chi connectivity index (χ4v) is 3.81. The molecule has 1 saturated heterocycles. The second-order valence-electron chi connectivity index (χ2n) is 6.80. The van der Waals surface area contributed by atoms with Crippen LogP contribution in [0, 0.1) is 0 Å². The molecule has 0 amide bonds. The Kier molecular flexibility index (Phi) is 2.72. The SMILES string of the molecule is O=C(O)c1cn(C2CC2)c2nc3c(cc2c1=O)OC[C@@H]1CCCN31. The Hall–Kier alpha value is -2.57. The third-order valence-electron chi connectivity index (χ3n) is 5.20. The first-order valence-electron chi connectivity index (χ1n) is 8.36. The number of hydrogen-bond acceptors (Lipinski definition) is 5. The van der Waals surface area contributed by atoms with Gasteiger partial charge in [-0.05, 0) is 31.7 Å². The molecular weight excluding hydrogens is 310 g/mol. The number of fused-ring (bicyclic) bond motifs is 4. The molecule has 2 fully saturated rings. The second kappa shape index (κ2) is 4.72. The van der Waals surface area contributed by atoms with Crippen molar-refractivity contribution in [3.63, 3.8) is 0 Å². The molecule has 2 aromatic rings. The minimum absolute atomic E-state index is 0.203. The molecule has 0 aromatic carbocycles. The third-order valence-corrected chi connectivity index (χ3v) is 5.20. The van der Waals surface area contributed by atoms with E-state index in [1.807, 2.05) is 4.57 Å². The zero-order chi connectivity index (χ0) is 16.4. The van der Waals surface area contributed by atoms with Crippen molar-refractivity contribution >= 4 is 22.8 Å². The number of carboxylic acids is 1. The van der Waals surface area contributed by atoms with Gasteiger partial charge in [0, 0.05) is 18.8 Å². The van der Waals surface area contributed by atoms with Crippen molar-refractivity contribution in [2.24, 2.45) is 0 Å². The van der Waals surface area contributed by atoms with E-state index in [2.05, 4.69) is 4.90 Å². The number of rotatable bonds is 2. The molecule has 7 nitrogen and oxygen atoms in total. The van der Waals surface area contributed by atoms with E-state index in [-0.39, 0.29) is 11.6 Å². The largest absolute Gasteiger partial charge is 0.488 e. The van der Waals surface area contributed by atoms with E-state index in [1.165, 1.54) is 6.20 Å². The maximum Gasteiger partial charge on any atom is 0.341 e. The monoisotopic (exact) mass is 327 g/mol. The normalized spacial score (nSPS) is 22.2. The van der Waals surface area contributed by atoms with Crippen LogP contribution in [0.4, 0.5) is 5.82 Å². The first-order chi connectivity index (χ1) is 11.6. The average Bonchev–Trinajstić information content (AvgIpc) is 3.29. The summed E-state index contributed by atoms with van der Waals surface area (Å²) in [6.45, 7) is 1.54. The van der Waals surface area contributed by atoms with Gasteiger partial charge in [0.1, 0.15) is 17.8 Å². The maximum absolute atomic E-state index is 12.6. The molecule has 4 heterocycles. The molecule has 0 radical (unpaired) electrons. The zero-order valence-corrected chi connectivity index (χ0v) is 13.1. The number of hydrogen-bond donors (Lipinski definition) is 1. The van der Waals surface area contributed by atoms with Gasteiger partial charge in [-0.2, -0.15) is 0 Å². The smallest absolute Gasteiger partial charge is 0.341 e. The Balaban J connectivity index is 1.80. The summed E-state index contributed by atoms with van der Waals surface area (Å²) in [6.07, 6.45) is 5.62. The van der Waals surface area contributed by atoms with Crippen molar-refractivity contribution in [1.29, 1.82) is 0 Å². The zero-order valence-electron chi connectivity index (χ0n) is 13.1. The predicted octanol–water partition coefficient (Wildman–Crippen LogP) is 1.79. The fourth-order valence-electron chi connectivity index (χ4n) is 3.81. The Morgan fingerprint density at radius 1 is 1.29 bits per heavy atom. The van der Waals surface area contributed by atoms with Gasteiger partial charge >= 0.3 is 5.97 Å². The standard InChI is InChI=1S/C17H17N3O4/c21-14-11-6-13-16(19-5-1-2-10(19)8-24-13)18-15(11)20(9-3-4-9)7-12(14)17(22)23/h6-7,9-10H,1-5,8H2,(H,22,23)/t10-/m0/s1. The van der Waals surface area contributed by atoms with E-state index in [9.17, 15) is 14.7 Å². The molecule has 124 valence electrons. The molecule has 2 aromatic heterocycles. The van der Waals surface area contributed by atoms with E-state index >= 15 is 0 Å². The maximum atomic E-state index is 12.6. The highest BCUT2D eigenvalue weighted by Crippen LogP contribution is 2.41. The minimum Gasteiger partial charge on any atom is -0.488 e. The third kappa shape index (κ3) is 1.87. The van der Waals surface area contributed by atoms with E-state index in [1.54, 1.807) is 6.07 Å². The lowest BCUT2D eigenvalue weighted by molar-refractivity contribution is 0.0695. The molecular formula is C17H17N3O4. The number of pyridine rings is 2. The topological polar surface area (TPSA) is 84.7 Å². The molecule has 0 spiro atoms. The van der Waals surface area contributed by atoms with Gasteiger partial charge in [0.2, 0.25) is 5.43 Å². The van der Waals surface area contributed by atoms with Crippen LogP contribution < -0.4 is 15.1 Å². The molecule has 1 atom stereocenters. The first-order valence-corrected chi connectivity index (χ1v) is 8.36. The van der Waals surface area contributed by atoms with E-state index in [0.29, 0.717) is 29.4 Å². The van der Waals surface area contributed by atoms with Crippen molar-refractivity contribution < 1.29 is 14.6 Å². The summed E-state index contributed by atoms with van der Waals surface area (Å²) in [5.41, 5.74) is -0.120. The summed E-state index contributed by atoms with van der Waals surface area (Å²) in [6, 6.07) is 2.26. The molecule has 3 aliphatic rings. The van der Waals surface area contributed by atoms with Gasteiger partial charge in [-0.15, -0.1) is 0 Å². The first kappa shape index (κ1) is 13.8. The molecule has 0 bridgehead atoms. The minimum atomic E-state index is -1.20.